The summed E-state index contributed by atoms with van der Waals surface area (Å²) in [5.41, 5.74) is 1.33. The Morgan fingerprint density at radius 2 is 1.85 bits per heavy atom. The van der Waals surface area contributed by atoms with Crippen molar-refractivity contribution < 1.29 is 18.3 Å². The first-order valence-electron chi connectivity index (χ1n) is 6.86. The molecule has 0 radical (unpaired) electrons. The number of nitrogens with zero attached hydrogens (tertiary/aromatic N) is 1. The molecule has 20 heavy (non-hydrogen) atoms. The van der Waals surface area contributed by atoms with E-state index in [0.29, 0.717) is 18.5 Å². The second-order valence-electron chi connectivity index (χ2n) is 5.43. The van der Waals surface area contributed by atoms with Gasteiger partial charge < -0.3 is 5.11 Å². The van der Waals surface area contributed by atoms with Gasteiger partial charge in [0.1, 0.15) is 6.04 Å². The fourth-order valence-electron chi connectivity index (χ4n) is 3.21. The lowest BCUT2D eigenvalue weighted by molar-refractivity contribution is -0.138. The highest BCUT2D eigenvalue weighted by Crippen LogP contribution is 2.38. The molecule has 1 N–H and O–H groups in total. The molecule has 1 aliphatic heterocycles. The summed E-state index contributed by atoms with van der Waals surface area (Å²) >= 11 is 0. The van der Waals surface area contributed by atoms with E-state index in [2.05, 4.69) is 0 Å². The van der Waals surface area contributed by atoms with Crippen LogP contribution >= 0.6 is 0 Å². The van der Waals surface area contributed by atoms with Gasteiger partial charge in [0.2, 0.25) is 10.0 Å². The molecule has 3 rings (SSSR count). The summed E-state index contributed by atoms with van der Waals surface area (Å²) < 4.78 is 26.7. The van der Waals surface area contributed by atoms with E-state index in [0.717, 1.165) is 22.7 Å². The van der Waals surface area contributed by atoms with Crippen molar-refractivity contribution in [1.82, 2.24) is 0 Å². The van der Waals surface area contributed by atoms with Gasteiger partial charge in [-0.05, 0) is 24.5 Å². The molecule has 2 aliphatic rings. The monoisotopic (exact) mass is 295 g/mol. The number of rotatable bonds is 3. The molecular formula is C14H17NO4S. The van der Waals surface area contributed by atoms with Crippen LogP contribution in [0.2, 0.25) is 0 Å². The molecule has 1 aromatic rings. The number of aliphatic carboxylic acids is 1. The predicted molar refractivity (Wildman–Crippen MR) is 75.2 cm³/mol. The fraction of sp³-hybridized carbons (Fsp3) is 0.500. The lowest BCUT2D eigenvalue weighted by Crippen LogP contribution is -2.46. The van der Waals surface area contributed by atoms with Crippen LogP contribution < -0.4 is 4.31 Å². The highest BCUT2D eigenvalue weighted by molar-refractivity contribution is 7.93. The molecule has 0 amide bonds. The second kappa shape index (κ2) is 4.77. The Labute approximate surface area is 118 Å². The van der Waals surface area contributed by atoms with E-state index >= 15 is 0 Å². The van der Waals surface area contributed by atoms with Crippen LogP contribution in [0.1, 0.15) is 31.2 Å². The van der Waals surface area contributed by atoms with Crippen molar-refractivity contribution >= 4 is 21.7 Å². The normalized spacial score (nSPS) is 23.0. The number of fused-ring (bicyclic) bond motifs is 1. The third-order valence-corrected chi connectivity index (χ3v) is 6.52. The highest BCUT2D eigenvalue weighted by atomic mass is 32.2. The SMILES string of the molecule is O=C(O)[C@@H]1Cc2ccccc2N1S(=O)(=O)C1CCCC1. The van der Waals surface area contributed by atoms with Gasteiger partial charge in [-0.2, -0.15) is 0 Å². The Morgan fingerprint density at radius 1 is 1.20 bits per heavy atom. The number of carboxylic acids is 1. The zero-order valence-electron chi connectivity index (χ0n) is 11.0. The molecule has 0 spiro atoms. The molecule has 1 fully saturated rings. The summed E-state index contributed by atoms with van der Waals surface area (Å²) in [5, 5.41) is 8.92. The average molecular weight is 295 g/mol. The van der Waals surface area contributed by atoms with Gasteiger partial charge in [0, 0.05) is 6.42 Å². The molecule has 108 valence electrons. The number of hydrogen-bond donors (Lipinski definition) is 1. The topological polar surface area (TPSA) is 74.7 Å². The van der Waals surface area contributed by atoms with E-state index in [-0.39, 0.29) is 6.42 Å². The Balaban J connectivity index is 2.06. The zero-order valence-corrected chi connectivity index (χ0v) is 11.8. The summed E-state index contributed by atoms with van der Waals surface area (Å²) in [6.07, 6.45) is 3.31. The average Bonchev–Trinajstić information content (AvgIpc) is 3.06. The summed E-state index contributed by atoms with van der Waals surface area (Å²) in [7, 11) is -3.59. The lowest BCUT2D eigenvalue weighted by Gasteiger charge is -2.27. The van der Waals surface area contributed by atoms with Crippen LogP contribution in [-0.2, 0) is 21.2 Å². The maximum atomic E-state index is 12.8. The fourth-order valence-corrected chi connectivity index (χ4v) is 5.43. The number of sulfonamides is 1. The van der Waals surface area contributed by atoms with E-state index in [1.165, 1.54) is 0 Å². The third kappa shape index (κ3) is 1.98. The van der Waals surface area contributed by atoms with Crippen LogP contribution in [0.4, 0.5) is 5.69 Å². The number of benzene rings is 1. The summed E-state index contributed by atoms with van der Waals surface area (Å²) in [4.78, 5) is 11.4. The molecule has 6 heteroatoms. The summed E-state index contributed by atoms with van der Waals surface area (Å²) in [6, 6.07) is 6.06. The standard InChI is InChI=1S/C14H17NO4S/c16-14(17)13-9-10-5-1-4-8-12(10)15(13)20(18,19)11-6-2-3-7-11/h1,4-5,8,11,13H,2-3,6-7,9H2,(H,16,17)/t13-/m0/s1. The number of carboxylic acid groups (broad SMARTS) is 1. The number of anilines is 1. The number of para-hydroxylation sites is 1. The van der Waals surface area contributed by atoms with Crippen LogP contribution in [0.3, 0.4) is 0 Å². The minimum atomic E-state index is -3.59. The Hall–Kier alpha value is -1.56. The van der Waals surface area contributed by atoms with Crippen molar-refractivity contribution in [2.45, 2.75) is 43.4 Å². The van der Waals surface area contributed by atoms with Gasteiger partial charge in [0.05, 0.1) is 10.9 Å². The van der Waals surface area contributed by atoms with Crippen LogP contribution in [0.5, 0.6) is 0 Å². The summed E-state index contributed by atoms with van der Waals surface area (Å²) in [6.45, 7) is 0. The van der Waals surface area contributed by atoms with E-state index in [9.17, 15) is 18.3 Å². The molecule has 1 heterocycles. The minimum Gasteiger partial charge on any atom is -0.480 e. The first-order chi connectivity index (χ1) is 9.51. The number of carbonyl (C=O) groups is 1. The van der Waals surface area contributed by atoms with E-state index < -0.39 is 27.3 Å². The van der Waals surface area contributed by atoms with Crippen LogP contribution in [-0.4, -0.2) is 30.8 Å². The third-order valence-electron chi connectivity index (χ3n) is 4.21. The van der Waals surface area contributed by atoms with Gasteiger partial charge in [-0.3, -0.25) is 4.31 Å². The Bertz CT molecular complexity index is 634. The van der Waals surface area contributed by atoms with Gasteiger partial charge in [-0.25, -0.2) is 13.2 Å². The maximum Gasteiger partial charge on any atom is 0.327 e. The molecule has 1 aliphatic carbocycles. The van der Waals surface area contributed by atoms with Gasteiger partial charge in [0.15, 0.2) is 0 Å². The zero-order chi connectivity index (χ0) is 14.3. The number of hydrogen-bond acceptors (Lipinski definition) is 3. The van der Waals surface area contributed by atoms with Crippen molar-refractivity contribution in [3.05, 3.63) is 29.8 Å². The predicted octanol–water partition coefficient (Wildman–Crippen LogP) is 1.77. The van der Waals surface area contributed by atoms with Crippen LogP contribution in [0.25, 0.3) is 0 Å². The van der Waals surface area contributed by atoms with E-state index in [1.807, 2.05) is 6.07 Å². The first kappa shape index (κ1) is 13.4. The van der Waals surface area contributed by atoms with Crippen molar-refractivity contribution in [2.24, 2.45) is 0 Å². The van der Waals surface area contributed by atoms with Crippen molar-refractivity contribution in [2.75, 3.05) is 4.31 Å². The van der Waals surface area contributed by atoms with Crippen molar-refractivity contribution in [1.29, 1.82) is 0 Å². The van der Waals surface area contributed by atoms with Crippen LogP contribution in [0, 0.1) is 0 Å². The largest absolute Gasteiger partial charge is 0.480 e. The molecule has 0 aromatic heterocycles. The molecule has 1 aromatic carbocycles. The van der Waals surface area contributed by atoms with E-state index in [1.54, 1.807) is 18.2 Å². The molecule has 0 bridgehead atoms. The highest BCUT2D eigenvalue weighted by Gasteiger charge is 2.45. The second-order valence-corrected chi connectivity index (χ2v) is 7.52. The van der Waals surface area contributed by atoms with Gasteiger partial charge >= 0.3 is 5.97 Å². The molecule has 0 unspecified atom stereocenters. The minimum absolute atomic E-state index is 0.247. The quantitative estimate of drug-likeness (QED) is 0.922. The Morgan fingerprint density at radius 3 is 2.50 bits per heavy atom. The maximum absolute atomic E-state index is 12.8. The molecule has 5 nitrogen and oxygen atoms in total. The van der Waals surface area contributed by atoms with Crippen LogP contribution in [0.15, 0.2) is 24.3 Å². The molecular weight excluding hydrogens is 278 g/mol. The van der Waals surface area contributed by atoms with Crippen molar-refractivity contribution in [3.63, 3.8) is 0 Å². The molecule has 1 saturated carbocycles. The lowest BCUT2D eigenvalue weighted by atomic mass is 10.1. The molecule has 1 atom stereocenters. The Kier molecular flexibility index (Phi) is 3.20. The van der Waals surface area contributed by atoms with Crippen molar-refractivity contribution in [3.8, 4) is 0 Å². The van der Waals surface area contributed by atoms with Gasteiger partial charge in [-0.1, -0.05) is 31.0 Å². The van der Waals surface area contributed by atoms with Gasteiger partial charge in [0.25, 0.3) is 0 Å². The smallest absolute Gasteiger partial charge is 0.327 e. The first-order valence-corrected chi connectivity index (χ1v) is 8.36. The van der Waals surface area contributed by atoms with Gasteiger partial charge in [-0.15, -0.1) is 0 Å². The summed E-state index contributed by atoms with van der Waals surface area (Å²) in [5.74, 6) is -1.08. The molecule has 0 saturated heterocycles. The van der Waals surface area contributed by atoms with E-state index in [4.69, 9.17) is 0 Å².